The lowest BCUT2D eigenvalue weighted by Crippen LogP contribution is -2.10. The van der Waals surface area contributed by atoms with E-state index in [-0.39, 0.29) is 23.4 Å². The van der Waals surface area contributed by atoms with E-state index in [1.54, 1.807) is 6.92 Å². The molecule has 1 aliphatic rings. The van der Waals surface area contributed by atoms with Crippen molar-refractivity contribution < 1.29 is 18.9 Å². The fraction of sp³-hybridized carbons (Fsp3) is 0.500. The molecule has 2 aromatic rings. The Balaban J connectivity index is 1.56. The van der Waals surface area contributed by atoms with E-state index in [1.807, 2.05) is 0 Å². The third-order valence-corrected chi connectivity index (χ3v) is 4.65. The number of non-ortho nitro benzene ring substituents is 1. The van der Waals surface area contributed by atoms with Gasteiger partial charge in [0.25, 0.3) is 11.6 Å². The van der Waals surface area contributed by atoms with E-state index in [9.17, 15) is 14.9 Å². The van der Waals surface area contributed by atoms with E-state index in [2.05, 4.69) is 10.2 Å². The number of nitrogens with zero attached hydrogens (tertiary/aromatic N) is 3. The van der Waals surface area contributed by atoms with E-state index in [0.29, 0.717) is 17.9 Å². The van der Waals surface area contributed by atoms with Crippen LogP contribution in [0.15, 0.2) is 28.7 Å². The van der Waals surface area contributed by atoms with Crippen molar-refractivity contribution in [2.75, 3.05) is 0 Å². The fourth-order valence-electron chi connectivity index (χ4n) is 3.17. The first-order valence-corrected chi connectivity index (χ1v) is 8.80. The van der Waals surface area contributed by atoms with Crippen molar-refractivity contribution in [3.8, 4) is 11.5 Å². The summed E-state index contributed by atoms with van der Waals surface area (Å²) < 4.78 is 10.9. The second-order valence-corrected chi connectivity index (χ2v) is 6.57. The molecular formula is C18H21N3O5. The molecule has 0 saturated heterocycles. The second kappa shape index (κ2) is 8.07. The summed E-state index contributed by atoms with van der Waals surface area (Å²) in [7, 11) is 0. The summed E-state index contributed by atoms with van der Waals surface area (Å²) in [6.07, 6.45) is 5.54. The largest absolute Gasteiger partial charge is 0.453 e. The Morgan fingerprint density at radius 1 is 1.31 bits per heavy atom. The van der Waals surface area contributed by atoms with Gasteiger partial charge in [-0.2, -0.15) is 0 Å². The molecule has 1 aliphatic carbocycles. The van der Waals surface area contributed by atoms with Gasteiger partial charge in [-0.15, -0.1) is 10.2 Å². The Morgan fingerprint density at radius 2 is 2.00 bits per heavy atom. The van der Waals surface area contributed by atoms with Gasteiger partial charge in [-0.3, -0.25) is 14.9 Å². The molecule has 0 radical (unpaired) electrons. The normalized spacial score (nSPS) is 15.7. The first-order chi connectivity index (χ1) is 12.5. The monoisotopic (exact) mass is 359 g/mol. The standard InChI is InChI=1S/C18H21N3O5/c1-12(25-16(22)11-6-13-4-2-3-5-13)17-19-20-18(26-17)14-7-9-15(10-8-14)21(23)24/h7-10,12-13H,2-6,11H2,1H3. The summed E-state index contributed by atoms with van der Waals surface area (Å²) >= 11 is 0. The van der Waals surface area contributed by atoms with Crippen LogP contribution in [0.3, 0.4) is 0 Å². The zero-order valence-corrected chi connectivity index (χ0v) is 14.6. The highest BCUT2D eigenvalue weighted by molar-refractivity contribution is 5.69. The molecule has 0 bridgehead atoms. The SMILES string of the molecule is CC(OC(=O)CCC1CCCC1)c1nnc(-c2ccc([N+](=O)[O-])cc2)o1. The number of carbonyl (C=O) groups excluding carboxylic acids is 1. The zero-order valence-electron chi connectivity index (χ0n) is 14.6. The number of esters is 1. The Kier molecular flexibility index (Phi) is 5.60. The predicted molar refractivity (Wildman–Crippen MR) is 92.1 cm³/mol. The number of hydrogen-bond donors (Lipinski definition) is 0. The van der Waals surface area contributed by atoms with Gasteiger partial charge in [0.2, 0.25) is 5.89 Å². The molecule has 1 atom stereocenters. The van der Waals surface area contributed by atoms with Gasteiger partial charge >= 0.3 is 5.97 Å². The van der Waals surface area contributed by atoms with Crippen LogP contribution in [0.5, 0.6) is 0 Å². The lowest BCUT2D eigenvalue weighted by Gasteiger charge is -2.11. The average molecular weight is 359 g/mol. The molecule has 1 aromatic carbocycles. The molecule has 8 nitrogen and oxygen atoms in total. The highest BCUT2D eigenvalue weighted by atomic mass is 16.6. The highest BCUT2D eigenvalue weighted by Crippen LogP contribution is 2.29. The van der Waals surface area contributed by atoms with Crippen LogP contribution in [0, 0.1) is 16.0 Å². The van der Waals surface area contributed by atoms with Crippen LogP contribution in [-0.4, -0.2) is 21.1 Å². The molecular weight excluding hydrogens is 338 g/mol. The summed E-state index contributed by atoms with van der Waals surface area (Å²) in [6.45, 7) is 1.68. The van der Waals surface area contributed by atoms with Crippen LogP contribution in [0.2, 0.25) is 0 Å². The van der Waals surface area contributed by atoms with Gasteiger partial charge in [0.15, 0.2) is 6.10 Å². The quantitative estimate of drug-likeness (QED) is 0.413. The highest BCUT2D eigenvalue weighted by Gasteiger charge is 2.21. The Bertz CT molecular complexity index is 765. The summed E-state index contributed by atoms with van der Waals surface area (Å²) in [5.74, 6) is 0.797. The van der Waals surface area contributed by atoms with Crippen molar-refractivity contribution in [1.29, 1.82) is 0 Å². The molecule has 1 saturated carbocycles. The maximum absolute atomic E-state index is 12.0. The van der Waals surface area contributed by atoms with Crippen molar-refractivity contribution in [3.63, 3.8) is 0 Å². The van der Waals surface area contributed by atoms with E-state index in [1.165, 1.54) is 49.9 Å². The molecule has 0 aliphatic heterocycles. The molecule has 8 heteroatoms. The first-order valence-electron chi connectivity index (χ1n) is 8.80. The summed E-state index contributed by atoms with van der Waals surface area (Å²) in [6, 6.07) is 5.80. The Hall–Kier alpha value is -2.77. The minimum atomic E-state index is -0.634. The minimum Gasteiger partial charge on any atom is -0.453 e. The van der Waals surface area contributed by atoms with Gasteiger partial charge in [0.05, 0.1) is 4.92 Å². The third kappa shape index (κ3) is 4.44. The van der Waals surface area contributed by atoms with Crippen LogP contribution in [0.4, 0.5) is 5.69 Å². The van der Waals surface area contributed by atoms with E-state index < -0.39 is 11.0 Å². The van der Waals surface area contributed by atoms with E-state index in [0.717, 1.165) is 6.42 Å². The maximum Gasteiger partial charge on any atom is 0.306 e. The molecule has 1 heterocycles. The molecule has 1 fully saturated rings. The van der Waals surface area contributed by atoms with Crippen molar-refractivity contribution in [2.24, 2.45) is 5.92 Å². The lowest BCUT2D eigenvalue weighted by atomic mass is 10.0. The smallest absolute Gasteiger partial charge is 0.306 e. The second-order valence-electron chi connectivity index (χ2n) is 6.57. The van der Waals surface area contributed by atoms with Crippen molar-refractivity contribution in [1.82, 2.24) is 10.2 Å². The van der Waals surface area contributed by atoms with Crippen molar-refractivity contribution in [2.45, 2.75) is 51.6 Å². The van der Waals surface area contributed by atoms with Gasteiger partial charge < -0.3 is 9.15 Å². The number of hydrogen-bond acceptors (Lipinski definition) is 7. The van der Waals surface area contributed by atoms with Gasteiger partial charge in [-0.05, 0) is 31.4 Å². The molecule has 26 heavy (non-hydrogen) atoms. The van der Waals surface area contributed by atoms with Crippen molar-refractivity contribution >= 4 is 11.7 Å². The molecule has 0 amide bonds. The number of nitro benzene ring substituents is 1. The summed E-state index contributed by atoms with van der Waals surface area (Å²) in [4.78, 5) is 22.2. The van der Waals surface area contributed by atoms with E-state index >= 15 is 0 Å². The van der Waals surface area contributed by atoms with Gasteiger partial charge in [-0.25, -0.2) is 0 Å². The fourth-order valence-corrected chi connectivity index (χ4v) is 3.17. The van der Waals surface area contributed by atoms with Crippen molar-refractivity contribution in [3.05, 3.63) is 40.3 Å². The molecule has 3 rings (SSSR count). The Morgan fingerprint density at radius 3 is 2.65 bits per heavy atom. The number of rotatable bonds is 7. The predicted octanol–water partition coefficient (Wildman–Crippen LogP) is 4.22. The number of benzene rings is 1. The minimum absolute atomic E-state index is 0.0157. The van der Waals surface area contributed by atoms with Gasteiger partial charge in [-0.1, -0.05) is 25.7 Å². The molecule has 1 unspecified atom stereocenters. The van der Waals surface area contributed by atoms with E-state index in [4.69, 9.17) is 9.15 Å². The van der Waals surface area contributed by atoms with Crippen LogP contribution in [0.1, 0.15) is 57.4 Å². The molecule has 0 spiro atoms. The number of carbonyl (C=O) groups is 1. The summed E-state index contributed by atoms with van der Waals surface area (Å²) in [5, 5.41) is 18.5. The maximum atomic E-state index is 12.0. The topological polar surface area (TPSA) is 108 Å². The Labute approximate surface area is 150 Å². The molecule has 0 N–H and O–H groups in total. The van der Waals surface area contributed by atoms with Gasteiger partial charge in [0.1, 0.15) is 0 Å². The van der Waals surface area contributed by atoms with Crippen LogP contribution < -0.4 is 0 Å². The van der Waals surface area contributed by atoms with Crippen LogP contribution >= 0.6 is 0 Å². The lowest BCUT2D eigenvalue weighted by molar-refractivity contribution is -0.384. The van der Waals surface area contributed by atoms with Crippen LogP contribution in [0.25, 0.3) is 11.5 Å². The first kappa shape index (κ1) is 18.0. The molecule has 1 aromatic heterocycles. The van der Waals surface area contributed by atoms with Crippen LogP contribution in [-0.2, 0) is 9.53 Å². The third-order valence-electron chi connectivity index (χ3n) is 4.65. The number of nitro groups is 1. The number of ether oxygens (including phenoxy) is 1. The zero-order chi connectivity index (χ0) is 18.5. The number of aromatic nitrogens is 2. The summed E-state index contributed by atoms with van der Waals surface area (Å²) in [5.41, 5.74) is 0.548. The van der Waals surface area contributed by atoms with Gasteiger partial charge in [0, 0.05) is 24.1 Å². The molecule has 138 valence electrons. The average Bonchev–Trinajstić information content (AvgIpc) is 3.32.